The Balaban J connectivity index is 1.54. The summed E-state index contributed by atoms with van der Waals surface area (Å²) < 4.78 is 5.76. The van der Waals surface area contributed by atoms with Gasteiger partial charge in [-0.1, -0.05) is 12.1 Å². The van der Waals surface area contributed by atoms with Gasteiger partial charge in [-0.05, 0) is 50.0 Å². The summed E-state index contributed by atoms with van der Waals surface area (Å²) in [4.78, 5) is 31.7. The molecule has 0 radical (unpaired) electrons. The van der Waals surface area contributed by atoms with Crippen LogP contribution in [0, 0.1) is 17.3 Å². The maximum absolute atomic E-state index is 13.1. The van der Waals surface area contributed by atoms with Crippen molar-refractivity contribution in [2.24, 2.45) is 22.4 Å². The lowest BCUT2D eigenvalue weighted by molar-refractivity contribution is -0.169. The molecular weight excluding hydrogens is 390 g/mol. The minimum Gasteiger partial charge on any atom is -0.508 e. The number of nitrogens with zero attached hydrogens (tertiary/aromatic N) is 1. The van der Waals surface area contributed by atoms with E-state index in [0.29, 0.717) is 24.1 Å². The second-order valence-corrected chi connectivity index (χ2v) is 9.07. The molecule has 0 amide bonds. The molecule has 2 heterocycles. The van der Waals surface area contributed by atoms with Crippen LogP contribution in [0.4, 0.5) is 0 Å². The predicted molar refractivity (Wildman–Crippen MR) is 104 cm³/mol. The van der Waals surface area contributed by atoms with Crippen molar-refractivity contribution in [3.05, 3.63) is 35.9 Å². The summed E-state index contributed by atoms with van der Waals surface area (Å²) in [6, 6.07) is 4.05. The lowest BCUT2D eigenvalue weighted by atomic mass is 9.63. The largest absolute Gasteiger partial charge is 0.508 e. The Morgan fingerprint density at radius 1 is 1.13 bits per heavy atom. The molecule has 1 aromatic rings. The molecule has 5 rings (SSSR count). The number of aliphatic hydroxyl groups is 1. The quantitative estimate of drug-likeness (QED) is 0.600. The van der Waals surface area contributed by atoms with Crippen LogP contribution < -0.4 is 0 Å². The Hall–Kier alpha value is -2.87. The highest BCUT2D eigenvalue weighted by atomic mass is 16.7. The number of rotatable bonds is 1. The van der Waals surface area contributed by atoms with E-state index < -0.39 is 34.6 Å². The molecule has 1 aromatic carbocycles. The molecule has 8 heteroatoms. The van der Waals surface area contributed by atoms with Crippen molar-refractivity contribution in [2.45, 2.75) is 50.4 Å². The summed E-state index contributed by atoms with van der Waals surface area (Å²) in [7, 11) is 0. The van der Waals surface area contributed by atoms with Gasteiger partial charge in [0.1, 0.15) is 28.6 Å². The molecule has 2 aliphatic heterocycles. The number of carbonyl (C=O) groups excluding carboxylic acids is 2. The van der Waals surface area contributed by atoms with Gasteiger partial charge in [0.05, 0.1) is 11.6 Å². The second-order valence-electron chi connectivity index (χ2n) is 9.07. The van der Waals surface area contributed by atoms with Crippen LogP contribution in [0.15, 0.2) is 35.5 Å². The number of benzene rings is 1. The number of carbonyl (C=O) groups is 2. The van der Waals surface area contributed by atoms with Crippen LogP contribution in [0.2, 0.25) is 0 Å². The molecule has 4 aliphatic rings. The zero-order chi connectivity index (χ0) is 21.5. The molecule has 1 saturated heterocycles. The first-order chi connectivity index (χ1) is 14.1. The first-order valence-electron chi connectivity index (χ1n) is 10.1. The summed E-state index contributed by atoms with van der Waals surface area (Å²) in [5.74, 6) is -1.85. The summed E-state index contributed by atoms with van der Waals surface area (Å²) in [5, 5.41) is 35.1. The van der Waals surface area contributed by atoms with Crippen molar-refractivity contribution in [3.8, 4) is 11.5 Å². The molecule has 2 fully saturated rings. The molecule has 1 spiro atoms. The van der Waals surface area contributed by atoms with Crippen molar-refractivity contribution < 1.29 is 34.5 Å². The van der Waals surface area contributed by atoms with E-state index in [-0.39, 0.29) is 29.6 Å². The Bertz CT molecular complexity index is 1010. The number of phenols is 2. The number of ether oxygens (including phenoxy) is 1. The predicted octanol–water partition coefficient (Wildman–Crippen LogP) is 1.81. The number of hydrogen-bond donors (Lipinski definition) is 3. The van der Waals surface area contributed by atoms with Crippen LogP contribution in [0.25, 0.3) is 0 Å². The van der Waals surface area contributed by atoms with E-state index in [1.54, 1.807) is 6.92 Å². The van der Waals surface area contributed by atoms with Gasteiger partial charge in [-0.2, -0.15) is 0 Å². The minimum absolute atomic E-state index is 0.0837. The fourth-order valence-electron chi connectivity index (χ4n) is 5.71. The monoisotopic (exact) mass is 413 g/mol. The van der Waals surface area contributed by atoms with Crippen molar-refractivity contribution in [1.82, 2.24) is 0 Å². The van der Waals surface area contributed by atoms with Gasteiger partial charge in [0.15, 0.2) is 5.78 Å². The SMILES string of the molecule is C[C@H]1CC[C@@H]2[C@@H](OC(=O)C23CC(c2cc(O)cc(O)c2)=NO3)[C@]2(C)C(=O)C=C[C@@]12O. The van der Waals surface area contributed by atoms with Gasteiger partial charge >= 0.3 is 5.97 Å². The first-order valence-corrected chi connectivity index (χ1v) is 10.1. The number of allylic oxidation sites excluding steroid dienone is 1. The van der Waals surface area contributed by atoms with E-state index in [1.807, 2.05) is 6.92 Å². The lowest BCUT2D eigenvalue weighted by Crippen LogP contribution is -2.57. The summed E-state index contributed by atoms with van der Waals surface area (Å²) in [5.41, 5.74) is -3.29. The van der Waals surface area contributed by atoms with Crippen molar-refractivity contribution >= 4 is 17.5 Å². The highest BCUT2D eigenvalue weighted by molar-refractivity contribution is 6.06. The van der Waals surface area contributed by atoms with Crippen molar-refractivity contribution in [3.63, 3.8) is 0 Å². The van der Waals surface area contributed by atoms with Gasteiger partial charge in [0, 0.05) is 18.1 Å². The number of fused-ring (bicyclic) bond motifs is 4. The van der Waals surface area contributed by atoms with E-state index in [4.69, 9.17) is 9.57 Å². The minimum atomic E-state index is -1.41. The number of oxime groups is 1. The zero-order valence-electron chi connectivity index (χ0n) is 16.7. The van der Waals surface area contributed by atoms with Crippen LogP contribution in [0.3, 0.4) is 0 Å². The molecule has 0 aromatic heterocycles. The molecule has 0 bridgehead atoms. The second kappa shape index (κ2) is 5.85. The molecule has 6 atom stereocenters. The maximum Gasteiger partial charge on any atom is 0.354 e. The van der Waals surface area contributed by atoms with Gasteiger partial charge in [0.2, 0.25) is 5.60 Å². The van der Waals surface area contributed by atoms with Gasteiger partial charge in [-0.15, -0.1) is 0 Å². The van der Waals surface area contributed by atoms with E-state index in [2.05, 4.69) is 5.16 Å². The molecule has 3 N–H and O–H groups in total. The maximum atomic E-state index is 13.1. The summed E-state index contributed by atoms with van der Waals surface area (Å²) >= 11 is 0. The number of phenolic OH excluding ortho intramolecular Hbond substituents is 2. The average Bonchev–Trinajstić information content (AvgIpc) is 3.30. The highest BCUT2D eigenvalue weighted by Crippen LogP contribution is 2.59. The highest BCUT2D eigenvalue weighted by Gasteiger charge is 2.73. The fraction of sp³-hybridized carbons (Fsp3) is 0.500. The van der Waals surface area contributed by atoms with Crippen molar-refractivity contribution in [2.75, 3.05) is 0 Å². The van der Waals surface area contributed by atoms with Gasteiger partial charge in [0.25, 0.3) is 0 Å². The molecule has 1 saturated carbocycles. The van der Waals surface area contributed by atoms with E-state index in [9.17, 15) is 24.9 Å². The van der Waals surface area contributed by atoms with Crippen molar-refractivity contribution in [1.29, 1.82) is 0 Å². The topological polar surface area (TPSA) is 126 Å². The molecule has 2 aliphatic carbocycles. The number of hydrogen-bond acceptors (Lipinski definition) is 8. The van der Waals surface area contributed by atoms with Crippen LogP contribution in [0.1, 0.15) is 38.7 Å². The third-order valence-corrected chi connectivity index (χ3v) is 7.59. The molecule has 30 heavy (non-hydrogen) atoms. The Kier molecular flexibility index (Phi) is 3.72. The smallest absolute Gasteiger partial charge is 0.354 e. The Morgan fingerprint density at radius 3 is 2.53 bits per heavy atom. The van der Waals surface area contributed by atoms with Gasteiger partial charge in [-0.25, -0.2) is 4.79 Å². The van der Waals surface area contributed by atoms with Crippen LogP contribution in [0.5, 0.6) is 11.5 Å². The number of ketones is 1. The lowest BCUT2D eigenvalue weighted by Gasteiger charge is -2.43. The van der Waals surface area contributed by atoms with Crippen LogP contribution in [-0.4, -0.2) is 50.1 Å². The van der Waals surface area contributed by atoms with E-state index >= 15 is 0 Å². The summed E-state index contributed by atoms with van der Waals surface area (Å²) in [6.07, 6.45) is 3.24. The molecular formula is C22H23NO7. The standard InChI is InChI=1S/C22H23NO7/c1-11-3-4-15-18(20(2)17(26)5-6-22(11,20)28)29-19(27)21(15)10-16(23-30-21)12-7-13(24)9-14(25)8-12/h5-9,11,15,18,24-25,28H,3-4,10H2,1-2H3/t11-,15+,18+,20-,21?,22+/m0/s1. The third kappa shape index (κ3) is 2.17. The molecule has 1 unspecified atom stereocenters. The first kappa shape index (κ1) is 19.1. The fourth-order valence-corrected chi connectivity index (χ4v) is 5.71. The van der Waals surface area contributed by atoms with Crippen LogP contribution in [-0.2, 0) is 19.2 Å². The number of aromatic hydroxyl groups is 2. The van der Waals surface area contributed by atoms with E-state index in [0.717, 1.165) is 0 Å². The number of esters is 1. The van der Waals surface area contributed by atoms with Gasteiger partial charge in [-0.3, -0.25) is 4.79 Å². The zero-order valence-corrected chi connectivity index (χ0v) is 16.7. The Morgan fingerprint density at radius 2 is 1.83 bits per heavy atom. The summed E-state index contributed by atoms with van der Waals surface area (Å²) in [6.45, 7) is 3.55. The average molecular weight is 413 g/mol. The third-order valence-electron chi connectivity index (χ3n) is 7.59. The molecule has 158 valence electrons. The van der Waals surface area contributed by atoms with E-state index in [1.165, 1.54) is 30.4 Å². The van der Waals surface area contributed by atoms with Crippen LogP contribution >= 0.6 is 0 Å². The normalized spacial score (nSPS) is 41.8. The van der Waals surface area contributed by atoms with Gasteiger partial charge < -0.3 is 24.9 Å². The molecule has 8 nitrogen and oxygen atoms in total. The Labute approximate surface area is 172 Å².